The van der Waals surface area contributed by atoms with Crippen molar-refractivity contribution in [1.29, 1.82) is 0 Å². The van der Waals surface area contributed by atoms with E-state index in [0.29, 0.717) is 0 Å². The quantitative estimate of drug-likeness (QED) is 0.592. The Morgan fingerprint density at radius 1 is 1.60 bits per heavy atom. The fourth-order valence-corrected chi connectivity index (χ4v) is 0.343. The fourth-order valence-electron chi connectivity index (χ4n) is 0.343. The normalized spacial score (nSPS) is 11.2. The highest BCUT2D eigenvalue weighted by atomic mass is 16.5. The van der Waals surface area contributed by atoms with E-state index in [9.17, 15) is 4.79 Å². The highest BCUT2D eigenvalue weighted by Crippen LogP contribution is 2.13. The van der Waals surface area contributed by atoms with Gasteiger partial charge in [-0.3, -0.25) is 4.79 Å². The lowest BCUT2D eigenvalue weighted by molar-refractivity contribution is -0.144. The van der Waals surface area contributed by atoms with Crippen LogP contribution in [-0.4, -0.2) is 24.3 Å². The van der Waals surface area contributed by atoms with E-state index in [4.69, 9.17) is 9.84 Å². The number of ether oxygens (including phenoxy) is 1. The van der Waals surface area contributed by atoms with E-state index in [2.05, 4.69) is 0 Å². The Labute approximate surface area is 61.0 Å². The largest absolute Gasteiger partial charge is 0.465 e. The smallest absolute Gasteiger partial charge is 0.302 e. The van der Waals surface area contributed by atoms with Crippen molar-refractivity contribution in [3.05, 3.63) is 0 Å². The predicted octanol–water partition coefficient (Wildman–Crippen LogP) is 0.568. The molecule has 0 saturated carbocycles. The number of rotatable bonds is 3. The Bertz CT molecular complexity index is 118. The average Bonchev–Trinajstić information content (AvgIpc) is 1.85. The zero-order chi connectivity index (χ0) is 8.20. The Morgan fingerprint density at radius 3 is 2.40 bits per heavy atom. The molecule has 0 unspecified atom stereocenters. The van der Waals surface area contributed by atoms with Crippen LogP contribution >= 0.6 is 0 Å². The van der Waals surface area contributed by atoms with Crippen LogP contribution in [0.3, 0.4) is 0 Å². The van der Waals surface area contributed by atoms with Crippen molar-refractivity contribution >= 4 is 5.97 Å². The Hall–Kier alpha value is -0.570. The minimum Gasteiger partial charge on any atom is -0.465 e. The van der Waals surface area contributed by atoms with Crippen molar-refractivity contribution in [1.82, 2.24) is 0 Å². The lowest BCUT2D eigenvalue weighted by atomic mass is 9.97. The van der Waals surface area contributed by atoms with Crippen molar-refractivity contribution in [3.8, 4) is 0 Å². The standard InChI is InChI=1S/C7H14O3/c1-6(9)10-5-7(2,3)4-8/h8H,4-5H2,1-3H3. The van der Waals surface area contributed by atoms with Gasteiger partial charge in [0.15, 0.2) is 0 Å². The molecular formula is C7H14O3. The third-order valence-electron chi connectivity index (χ3n) is 1.09. The molecule has 0 aliphatic heterocycles. The molecule has 0 aromatic carbocycles. The number of aliphatic hydroxyl groups is 1. The molecule has 60 valence electrons. The van der Waals surface area contributed by atoms with Gasteiger partial charge in [-0.1, -0.05) is 13.8 Å². The first-order chi connectivity index (χ1) is 4.48. The van der Waals surface area contributed by atoms with Crippen LogP contribution in [0.25, 0.3) is 0 Å². The second-order valence-corrected chi connectivity index (χ2v) is 3.10. The summed E-state index contributed by atoms with van der Waals surface area (Å²) in [5, 5.41) is 8.72. The minimum atomic E-state index is -0.314. The average molecular weight is 146 g/mol. The zero-order valence-electron chi connectivity index (χ0n) is 6.68. The molecule has 1 N–H and O–H groups in total. The van der Waals surface area contributed by atoms with Gasteiger partial charge in [0.05, 0.1) is 13.2 Å². The molecule has 0 atom stereocenters. The molecule has 0 rings (SSSR count). The van der Waals surface area contributed by atoms with E-state index in [1.165, 1.54) is 6.92 Å². The molecule has 0 aliphatic rings. The zero-order valence-corrected chi connectivity index (χ0v) is 6.68. The first-order valence-corrected chi connectivity index (χ1v) is 3.22. The number of carbonyl (C=O) groups is 1. The maximum atomic E-state index is 10.3. The van der Waals surface area contributed by atoms with Gasteiger partial charge in [-0.05, 0) is 0 Å². The van der Waals surface area contributed by atoms with E-state index in [1.54, 1.807) is 0 Å². The van der Waals surface area contributed by atoms with Crippen LogP contribution in [0.1, 0.15) is 20.8 Å². The lowest BCUT2D eigenvalue weighted by Crippen LogP contribution is -2.24. The first-order valence-electron chi connectivity index (χ1n) is 3.22. The molecule has 0 heterocycles. The van der Waals surface area contributed by atoms with Gasteiger partial charge < -0.3 is 9.84 Å². The van der Waals surface area contributed by atoms with Crippen molar-refractivity contribution in [3.63, 3.8) is 0 Å². The lowest BCUT2D eigenvalue weighted by Gasteiger charge is -2.19. The van der Waals surface area contributed by atoms with Crippen molar-refractivity contribution in [2.45, 2.75) is 20.8 Å². The minimum absolute atomic E-state index is 0.0281. The Kier molecular flexibility index (Phi) is 3.36. The second-order valence-electron chi connectivity index (χ2n) is 3.10. The molecule has 0 amide bonds. The number of carbonyl (C=O) groups excluding carboxylic acids is 1. The van der Waals surface area contributed by atoms with Gasteiger partial charge in [0.2, 0.25) is 0 Å². The number of aliphatic hydroxyl groups excluding tert-OH is 1. The summed E-state index contributed by atoms with van der Waals surface area (Å²) in [4.78, 5) is 10.3. The van der Waals surface area contributed by atoms with Crippen molar-refractivity contribution in [2.75, 3.05) is 13.2 Å². The molecule has 0 aliphatic carbocycles. The summed E-state index contributed by atoms with van der Waals surface area (Å²) in [6, 6.07) is 0. The van der Waals surface area contributed by atoms with Crippen LogP contribution in [0.4, 0.5) is 0 Å². The number of hydrogen-bond donors (Lipinski definition) is 1. The summed E-state index contributed by atoms with van der Waals surface area (Å²) in [6.07, 6.45) is 0. The van der Waals surface area contributed by atoms with Gasteiger partial charge in [-0.15, -0.1) is 0 Å². The van der Waals surface area contributed by atoms with E-state index < -0.39 is 0 Å². The summed E-state index contributed by atoms with van der Waals surface area (Å²) in [5.74, 6) is -0.304. The highest BCUT2D eigenvalue weighted by molar-refractivity contribution is 5.65. The van der Waals surface area contributed by atoms with Gasteiger partial charge in [-0.2, -0.15) is 0 Å². The maximum Gasteiger partial charge on any atom is 0.302 e. The van der Waals surface area contributed by atoms with Crippen molar-refractivity contribution < 1.29 is 14.6 Å². The van der Waals surface area contributed by atoms with Crippen LogP contribution in [0.2, 0.25) is 0 Å². The number of hydrogen-bond acceptors (Lipinski definition) is 3. The van der Waals surface area contributed by atoms with Crippen molar-refractivity contribution in [2.24, 2.45) is 5.41 Å². The molecule has 0 bridgehead atoms. The first kappa shape index (κ1) is 9.43. The molecule has 3 heteroatoms. The SMILES string of the molecule is CC(=O)OCC(C)(C)CO. The molecule has 10 heavy (non-hydrogen) atoms. The summed E-state index contributed by atoms with van der Waals surface area (Å²) < 4.78 is 4.70. The molecule has 0 aromatic heterocycles. The van der Waals surface area contributed by atoms with Crippen LogP contribution in [-0.2, 0) is 9.53 Å². The molecule has 0 radical (unpaired) electrons. The van der Waals surface area contributed by atoms with Gasteiger partial charge in [0.1, 0.15) is 0 Å². The van der Waals surface area contributed by atoms with E-state index in [-0.39, 0.29) is 24.6 Å². The second kappa shape index (κ2) is 3.56. The summed E-state index contributed by atoms with van der Waals surface area (Å²) >= 11 is 0. The molecule has 0 fully saturated rings. The monoisotopic (exact) mass is 146 g/mol. The van der Waals surface area contributed by atoms with Crippen LogP contribution in [0, 0.1) is 5.41 Å². The summed E-state index contributed by atoms with van der Waals surface area (Å²) in [7, 11) is 0. The summed E-state index contributed by atoms with van der Waals surface area (Å²) in [6.45, 7) is 5.32. The fraction of sp³-hybridized carbons (Fsp3) is 0.857. The van der Waals surface area contributed by atoms with Gasteiger partial charge in [0.25, 0.3) is 0 Å². The summed E-state index contributed by atoms with van der Waals surface area (Å²) in [5.41, 5.74) is -0.314. The molecule has 0 saturated heterocycles. The van der Waals surface area contributed by atoms with Gasteiger partial charge in [0, 0.05) is 12.3 Å². The molecule has 0 aromatic rings. The van der Waals surface area contributed by atoms with E-state index >= 15 is 0 Å². The van der Waals surface area contributed by atoms with E-state index in [1.807, 2.05) is 13.8 Å². The molecule has 0 spiro atoms. The van der Waals surface area contributed by atoms with Crippen LogP contribution in [0.15, 0.2) is 0 Å². The maximum absolute atomic E-state index is 10.3. The Balaban J connectivity index is 3.56. The third kappa shape index (κ3) is 4.32. The topological polar surface area (TPSA) is 46.5 Å². The number of esters is 1. The predicted molar refractivity (Wildman–Crippen MR) is 37.5 cm³/mol. The van der Waals surface area contributed by atoms with Gasteiger partial charge in [-0.25, -0.2) is 0 Å². The highest BCUT2D eigenvalue weighted by Gasteiger charge is 2.17. The third-order valence-corrected chi connectivity index (χ3v) is 1.09. The molecular weight excluding hydrogens is 132 g/mol. The van der Waals surface area contributed by atoms with Crippen LogP contribution in [0.5, 0.6) is 0 Å². The van der Waals surface area contributed by atoms with Gasteiger partial charge >= 0.3 is 5.97 Å². The van der Waals surface area contributed by atoms with Crippen LogP contribution < -0.4 is 0 Å². The molecule has 3 nitrogen and oxygen atoms in total. The van der Waals surface area contributed by atoms with E-state index in [0.717, 1.165) is 0 Å². The Morgan fingerprint density at radius 2 is 2.10 bits per heavy atom.